The largest absolute Gasteiger partial charge is 0.378 e. The highest BCUT2D eigenvalue weighted by Gasteiger charge is 2.41. The number of rotatable bonds is 2. The van der Waals surface area contributed by atoms with Crippen LogP contribution in [-0.2, 0) is 14.3 Å². The van der Waals surface area contributed by atoms with Crippen LogP contribution < -0.4 is 0 Å². The first kappa shape index (κ1) is 19.7. The molecule has 4 heterocycles. The van der Waals surface area contributed by atoms with Crippen molar-refractivity contribution in [3.8, 4) is 12.1 Å². The lowest BCUT2D eigenvalue weighted by Gasteiger charge is -2.28. The number of nitriles is 2. The normalized spacial score (nSPS) is 18.7. The first-order valence-electron chi connectivity index (χ1n) is 8.23. The molecule has 0 aliphatic carbocycles. The predicted molar refractivity (Wildman–Crippen MR) is 102 cm³/mol. The summed E-state index contributed by atoms with van der Waals surface area (Å²) in [6.07, 6.45) is 0. The zero-order chi connectivity index (χ0) is 20.5. The summed E-state index contributed by atoms with van der Waals surface area (Å²) in [4.78, 5) is 48.4. The first-order chi connectivity index (χ1) is 14.0. The van der Waals surface area contributed by atoms with E-state index >= 15 is 0 Å². The van der Waals surface area contributed by atoms with Crippen LogP contribution in [0.2, 0.25) is 0 Å². The Hall–Kier alpha value is -2.58. The van der Waals surface area contributed by atoms with Gasteiger partial charge in [-0.15, -0.1) is 0 Å². The van der Waals surface area contributed by atoms with Crippen molar-refractivity contribution in [1.29, 1.82) is 10.5 Å². The molecule has 1 aromatic heterocycles. The van der Waals surface area contributed by atoms with Gasteiger partial charge in [-0.3, -0.25) is 19.3 Å². The average molecular weight is 446 g/mol. The van der Waals surface area contributed by atoms with Crippen LogP contribution in [0.4, 0.5) is 4.79 Å². The third kappa shape index (κ3) is 3.70. The molecule has 0 N–H and O–H groups in total. The van der Waals surface area contributed by atoms with Gasteiger partial charge >= 0.3 is 0 Å². The van der Waals surface area contributed by atoms with Crippen molar-refractivity contribution in [2.75, 3.05) is 32.8 Å². The molecule has 2 saturated heterocycles. The number of carbonyl (C=O) groups is 3. The van der Waals surface area contributed by atoms with Crippen molar-refractivity contribution < 1.29 is 19.1 Å². The van der Waals surface area contributed by atoms with E-state index in [1.807, 2.05) is 12.1 Å². The molecule has 2 fully saturated rings. The third-order valence-electron chi connectivity index (χ3n) is 4.12. The van der Waals surface area contributed by atoms with E-state index in [9.17, 15) is 14.4 Å². The van der Waals surface area contributed by atoms with E-state index in [4.69, 9.17) is 15.3 Å². The summed E-state index contributed by atoms with van der Waals surface area (Å²) in [5, 5.41) is 18.4. The summed E-state index contributed by atoms with van der Waals surface area (Å²) in [5.74, 6) is -0.858. The number of hydrogen-bond donors (Lipinski definition) is 0. The molecule has 3 aliphatic heterocycles. The number of nitrogens with zero attached hydrogens (tertiary/aromatic N) is 6. The monoisotopic (exact) mass is 446 g/mol. The topological polar surface area (TPSA) is 140 Å². The molecule has 0 spiro atoms. The van der Waals surface area contributed by atoms with Gasteiger partial charge in [-0.05, 0) is 11.8 Å². The van der Waals surface area contributed by atoms with Gasteiger partial charge in [0.1, 0.15) is 33.6 Å². The molecule has 0 saturated carbocycles. The number of imide groups is 1. The third-order valence-corrected chi connectivity index (χ3v) is 7.72. The molecular weight excluding hydrogens is 436 g/mol. The van der Waals surface area contributed by atoms with Crippen LogP contribution in [0.5, 0.6) is 0 Å². The summed E-state index contributed by atoms with van der Waals surface area (Å²) >= 11 is 2.98. The van der Waals surface area contributed by atoms with Crippen molar-refractivity contribution in [3.05, 3.63) is 20.5 Å². The SMILES string of the molecule is N#Cc1nc2c(nc1C#N)SC(=C1SC(=O)N(CC(=O)N3CCOCC3)C1=O)S2. The number of ether oxygens (including phenoxy) is 1. The van der Waals surface area contributed by atoms with Crippen molar-refractivity contribution in [1.82, 2.24) is 19.8 Å². The molecule has 13 heteroatoms. The standard InChI is InChI=1S/C16H10N6O4S3/c17-5-8-9(6-18)20-13-12(19-8)28-15(29-13)11-14(24)22(16(25)27-11)7-10(23)21-1-3-26-4-2-21/h1-4,7H2. The Labute approximate surface area is 177 Å². The average Bonchev–Trinajstić information content (AvgIpc) is 3.28. The minimum atomic E-state index is -0.551. The number of fused-ring (bicyclic) bond motifs is 1. The van der Waals surface area contributed by atoms with Gasteiger partial charge in [0, 0.05) is 13.1 Å². The Morgan fingerprint density at radius 2 is 1.62 bits per heavy atom. The Morgan fingerprint density at radius 3 is 2.17 bits per heavy atom. The molecular formula is C16H10N6O4S3. The van der Waals surface area contributed by atoms with Gasteiger partial charge in [0.05, 0.1) is 17.5 Å². The molecule has 0 aromatic carbocycles. The van der Waals surface area contributed by atoms with E-state index in [-0.39, 0.29) is 28.7 Å². The number of carbonyl (C=O) groups excluding carboxylic acids is 3. The van der Waals surface area contributed by atoms with Gasteiger partial charge in [0.15, 0.2) is 11.4 Å². The molecule has 4 rings (SSSR count). The van der Waals surface area contributed by atoms with Crippen LogP contribution in [-0.4, -0.2) is 69.7 Å². The van der Waals surface area contributed by atoms with Crippen LogP contribution in [0.25, 0.3) is 0 Å². The van der Waals surface area contributed by atoms with E-state index < -0.39 is 11.1 Å². The highest BCUT2D eigenvalue weighted by molar-refractivity contribution is 8.27. The number of aromatic nitrogens is 2. The summed E-state index contributed by atoms with van der Waals surface area (Å²) < 4.78 is 5.69. The minimum Gasteiger partial charge on any atom is -0.378 e. The van der Waals surface area contributed by atoms with E-state index in [0.29, 0.717) is 40.6 Å². The fourth-order valence-corrected chi connectivity index (χ4v) is 6.04. The van der Waals surface area contributed by atoms with Gasteiger partial charge in [-0.1, -0.05) is 23.5 Å². The highest BCUT2D eigenvalue weighted by atomic mass is 32.2. The number of hydrogen-bond acceptors (Lipinski definition) is 11. The second-order valence-corrected chi connectivity index (χ2v) is 9.05. The zero-order valence-corrected chi connectivity index (χ0v) is 17.0. The maximum Gasteiger partial charge on any atom is 0.294 e. The number of thioether (sulfide) groups is 3. The molecule has 3 aliphatic rings. The molecule has 29 heavy (non-hydrogen) atoms. The van der Waals surface area contributed by atoms with Gasteiger partial charge < -0.3 is 9.64 Å². The summed E-state index contributed by atoms with van der Waals surface area (Å²) in [6, 6.07) is 3.63. The quantitative estimate of drug-likeness (QED) is 0.604. The first-order valence-corrected chi connectivity index (χ1v) is 10.7. The molecule has 0 unspecified atom stereocenters. The van der Waals surface area contributed by atoms with Crippen molar-refractivity contribution in [3.63, 3.8) is 0 Å². The van der Waals surface area contributed by atoms with Crippen LogP contribution in [0.3, 0.4) is 0 Å². The zero-order valence-electron chi connectivity index (χ0n) is 14.6. The summed E-state index contributed by atoms with van der Waals surface area (Å²) in [5.41, 5.74) is -0.186. The highest BCUT2D eigenvalue weighted by Crippen LogP contribution is 2.53. The van der Waals surface area contributed by atoms with Gasteiger partial charge in [0.25, 0.3) is 11.1 Å². The van der Waals surface area contributed by atoms with Gasteiger partial charge in [-0.25, -0.2) is 9.97 Å². The molecule has 0 radical (unpaired) electrons. The van der Waals surface area contributed by atoms with Crippen LogP contribution in [0.15, 0.2) is 19.2 Å². The maximum absolute atomic E-state index is 12.8. The second kappa shape index (κ2) is 8.04. The molecule has 10 nitrogen and oxygen atoms in total. The Balaban J connectivity index is 1.54. The van der Waals surface area contributed by atoms with E-state index in [1.165, 1.54) is 0 Å². The number of amides is 3. The van der Waals surface area contributed by atoms with Crippen molar-refractivity contribution >= 4 is 52.3 Å². The van der Waals surface area contributed by atoms with Crippen molar-refractivity contribution in [2.45, 2.75) is 10.1 Å². The Kier molecular flexibility index (Phi) is 5.47. The molecule has 0 atom stereocenters. The number of morpholine rings is 1. The second-order valence-electron chi connectivity index (χ2n) is 5.83. The minimum absolute atomic E-state index is 0.0928. The molecule has 1 aromatic rings. The maximum atomic E-state index is 12.8. The Morgan fingerprint density at radius 1 is 1.03 bits per heavy atom. The van der Waals surface area contributed by atoms with Crippen molar-refractivity contribution in [2.24, 2.45) is 0 Å². The van der Waals surface area contributed by atoms with E-state index in [0.717, 1.165) is 40.2 Å². The predicted octanol–water partition coefficient (Wildman–Crippen LogP) is 1.14. The summed E-state index contributed by atoms with van der Waals surface area (Å²) in [7, 11) is 0. The van der Waals surface area contributed by atoms with E-state index in [2.05, 4.69) is 9.97 Å². The fraction of sp³-hybridized carbons (Fsp3) is 0.312. The lowest BCUT2D eigenvalue weighted by Crippen LogP contribution is -2.46. The molecule has 146 valence electrons. The van der Waals surface area contributed by atoms with Gasteiger partial charge in [-0.2, -0.15) is 10.5 Å². The fourth-order valence-electron chi connectivity index (χ4n) is 2.69. The smallest absolute Gasteiger partial charge is 0.294 e. The Bertz CT molecular complexity index is 1010. The van der Waals surface area contributed by atoms with Crippen LogP contribution >= 0.6 is 35.3 Å². The van der Waals surface area contributed by atoms with Gasteiger partial charge in [0.2, 0.25) is 5.91 Å². The van der Waals surface area contributed by atoms with Crippen LogP contribution in [0.1, 0.15) is 11.4 Å². The lowest BCUT2D eigenvalue weighted by molar-refractivity contribution is -0.139. The molecule has 0 bridgehead atoms. The van der Waals surface area contributed by atoms with Crippen LogP contribution in [0, 0.1) is 22.7 Å². The lowest BCUT2D eigenvalue weighted by atomic mass is 10.3. The molecule has 3 amide bonds. The van der Waals surface area contributed by atoms with E-state index in [1.54, 1.807) is 4.90 Å². The summed E-state index contributed by atoms with van der Waals surface area (Å²) in [6.45, 7) is 1.39.